The fraction of sp³-hybridized carbons (Fsp3) is 0.400. The zero-order chi connectivity index (χ0) is 20.2. The van der Waals surface area contributed by atoms with Gasteiger partial charge < -0.3 is 10.4 Å². The summed E-state index contributed by atoms with van der Waals surface area (Å²) in [7, 11) is 0. The summed E-state index contributed by atoms with van der Waals surface area (Å²) in [6, 6.07) is 0.822. The van der Waals surface area contributed by atoms with Gasteiger partial charge in [-0.15, -0.1) is 0 Å². The standard InChI is InChI=1S/C15H17N3O8/c1-15(2,3)7-10(14(21)22)16-13(20)12(19)9-5-4-8(17(23)24)6-11(9)18(25)26/h4-6,10H,7H2,1-3H3,(H,16,20)(H,21,22)/t10-/m0/s1. The van der Waals surface area contributed by atoms with E-state index in [1.54, 1.807) is 20.8 Å². The molecule has 0 saturated heterocycles. The molecule has 0 radical (unpaired) electrons. The van der Waals surface area contributed by atoms with E-state index < -0.39 is 55.9 Å². The number of carbonyl (C=O) groups is 3. The van der Waals surface area contributed by atoms with Crippen molar-refractivity contribution in [3.63, 3.8) is 0 Å². The maximum absolute atomic E-state index is 12.2. The van der Waals surface area contributed by atoms with Crippen LogP contribution >= 0.6 is 0 Å². The Balaban J connectivity index is 3.15. The van der Waals surface area contributed by atoms with Gasteiger partial charge in [0.05, 0.1) is 15.9 Å². The summed E-state index contributed by atoms with van der Waals surface area (Å²) in [5.74, 6) is -4.07. The predicted octanol–water partition coefficient (Wildman–Crippen LogP) is 1.69. The fourth-order valence-electron chi connectivity index (χ4n) is 2.14. The SMILES string of the molecule is CC(C)(C)C[C@H](NC(=O)C(=O)c1ccc([N+](=O)[O-])cc1[N+](=O)[O-])C(=O)O. The number of ketones is 1. The molecule has 0 unspecified atom stereocenters. The van der Waals surface area contributed by atoms with E-state index in [0.29, 0.717) is 6.07 Å². The first kappa shape index (κ1) is 20.7. The third-order valence-corrected chi connectivity index (χ3v) is 3.26. The Labute approximate surface area is 147 Å². The number of hydrogen-bond donors (Lipinski definition) is 2. The van der Waals surface area contributed by atoms with Crippen molar-refractivity contribution in [3.05, 3.63) is 44.0 Å². The third kappa shape index (κ3) is 5.33. The van der Waals surface area contributed by atoms with E-state index in [4.69, 9.17) is 5.11 Å². The summed E-state index contributed by atoms with van der Waals surface area (Å²) in [5.41, 5.74) is -2.68. The highest BCUT2D eigenvalue weighted by atomic mass is 16.6. The number of carbonyl (C=O) groups excluding carboxylic acids is 2. The van der Waals surface area contributed by atoms with E-state index in [9.17, 15) is 34.6 Å². The summed E-state index contributed by atoms with van der Waals surface area (Å²) in [4.78, 5) is 55.3. The number of nitro benzene ring substituents is 2. The Kier molecular flexibility index (Phi) is 6.10. The topological polar surface area (TPSA) is 170 Å². The summed E-state index contributed by atoms with van der Waals surface area (Å²) in [5, 5.41) is 32.9. The summed E-state index contributed by atoms with van der Waals surface area (Å²) in [6.07, 6.45) is 0.0176. The minimum Gasteiger partial charge on any atom is -0.480 e. The van der Waals surface area contributed by atoms with Crippen molar-refractivity contribution in [1.82, 2.24) is 5.32 Å². The van der Waals surface area contributed by atoms with Gasteiger partial charge in [-0.3, -0.25) is 29.8 Å². The lowest BCUT2D eigenvalue weighted by Crippen LogP contribution is -2.45. The number of benzene rings is 1. The third-order valence-electron chi connectivity index (χ3n) is 3.26. The Morgan fingerprint density at radius 3 is 2.15 bits per heavy atom. The molecule has 11 heteroatoms. The number of Topliss-reactive ketones (excluding diaryl/α,β-unsaturated/α-hetero) is 1. The van der Waals surface area contributed by atoms with E-state index >= 15 is 0 Å². The molecule has 1 amide bonds. The van der Waals surface area contributed by atoms with Crippen LogP contribution in [0.25, 0.3) is 0 Å². The van der Waals surface area contributed by atoms with E-state index in [1.807, 2.05) is 5.32 Å². The molecule has 1 rings (SSSR count). The second-order valence-electron chi connectivity index (χ2n) is 6.67. The molecule has 1 aromatic carbocycles. The van der Waals surface area contributed by atoms with Crippen LogP contribution in [0.1, 0.15) is 37.6 Å². The molecule has 140 valence electrons. The minimum atomic E-state index is -1.37. The average Bonchev–Trinajstić information content (AvgIpc) is 2.51. The van der Waals surface area contributed by atoms with Crippen LogP contribution in [0, 0.1) is 25.6 Å². The van der Waals surface area contributed by atoms with Crippen LogP contribution in [0.3, 0.4) is 0 Å². The van der Waals surface area contributed by atoms with Crippen LogP contribution in [0.2, 0.25) is 0 Å². The Hall–Kier alpha value is -3.37. The highest BCUT2D eigenvalue weighted by Gasteiger charge is 2.32. The molecule has 0 bridgehead atoms. The first-order valence-electron chi connectivity index (χ1n) is 7.34. The van der Waals surface area contributed by atoms with Gasteiger partial charge in [0, 0.05) is 6.07 Å². The molecular formula is C15H17N3O8. The zero-order valence-corrected chi connectivity index (χ0v) is 14.2. The normalized spacial score (nSPS) is 12.1. The van der Waals surface area contributed by atoms with Gasteiger partial charge in [0.15, 0.2) is 0 Å². The number of aliphatic carboxylic acids is 1. The number of rotatable bonds is 7. The molecule has 1 atom stereocenters. The number of carboxylic acids is 1. The van der Waals surface area contributed by atoms with Gasteiger partial charge in [0.1, 0.15) is 11.6 Å². The molecule has 2 N–H and O–H groups in total. The van der Waals surface area contributed by atoms with Gasteiger partial charge in [-0.1, -0.05) is 20.8 Å². The molecule has 0 spiro atoms. The van der Waals surface area contributed by atoms with Crippen LogP contribution in [0.4, 0.5) is 11.4 Å². The molecule has 11 nitrogen and oxygen atoms in total. The number of nitrogens with zero attached hydrogens (tertiary/aromatic N) is 2. The number of nitrogens with one attached hydrogen (secondary N) is 1. The molecule has 0 heterocycles. The molecular weight excluding hydrogens is 350 g/mol. The quantitative estimate of drug-likeness (QED) is 0.317. The van der Waals surface area contributed by atoms with Crippen molar-refractivity contribution in [1.29, 1.82) is 0 Å². The molecule has 0 aromatic heterocycles. The van der Waals surface area contributed by atoms with Gasteiger partial charge in [-0.2, -0.15) is 0 Å². The number of nitro groups is 2. The van der Waals surface area contributed by atoms with Gasteiger partial charge in [0.2, 0.25) is 0 Å². The molecule has 0 saturated carbocycles. The highest BCUT2D eigenvalue weighted by Crippen LogP contribution is 2.25. The largest absolute Gasteiger partial charge is 0.480 e. The maximum Gasteiger partial charge on any atom is 0.326 e. The summed E-state index contributed by atoms with van der Waals surface area (Å²) >= 11 is 0. The average molecular weight is 367 g/mol. The molecule has 0 aliphatic heterocycles. The summed E-state index contributed by atoms with van der Waals surface area (Å²) in [6.45, 7) is 5.20. The Morgan fingerprint density at radius 2 is 1.73 bits per heavy atom. The number of non-ortho nitro benzene ring substituents is 1. The van der Waals surface area contributed by atoms with E-state index in [-0.39, 0.29) is 6.42 Å². The second-order valence-corrected chi connectivity index (χ2v) is 6.67. The van der Waals surface area contributed by atoms with Crippen LogP contribution in [-0.2, 0) is 9.59 Å². The lowest BCUT2D eigenvalue weighted by molar-refractivity contribution is -0.394. The fourth-order valence-corrected chi connectivity index (χ4v) is 2.14. The smallest absolute Gasteiger partial charge is 0.326 e. The van der Waals surface area contributed by atoms with Crippen molar-refractivity contribution in [2.45, 2.75) is 33.2 Å². The van der Waals surface area contributed by atoms with Crippen molar-refractivity contribution in [3.8, 4) is 0 Å². The Morgan fingerprint density at radius 1 is 1.15 bits per heavy atom. The number of hydrogen-bond acceptors (Lipinski definition) is 7. The minimum absolute atomic E-state index is 0.0176. The molecule has 26 heavy (non-hydrogen) atoms. The van der Waals surface area contributed by atoms with Crippen molar-refractivity contribution >= 4 is 29.0 Å². The van der Waals surface area contributed by atoms with Gasteiger partial charge in [0.25, 0.3) is 23.1 Å². The van der Waals surface area contributed by atoms with Crippen LogP contribution < -0.4 is 5.32 Å². The predicted molar refractivity (Wildman–Crippen MR) is 87.7 cm³/mol. The lowest BCUT2D eigenvalue weighted by Gasteiger charge is -2.23. The Bertz CT molecular complexity index is 782. The van der Waals surface area contributed by atoms with Gasteiger partial charge in [-0.05, 0) is 17.9 Å². The lowest BCUT2D eigenvalue weighted by atomic mass is 9.88. The summed E-state index contributed by atoms with van der Waals surface area (Å²) < 4.78 is 0. The maximum atomic E-state index is 12.2. The van der Waals surface area contributed by atoms with Crippen LogP contribution in [0.15, 0.2) is 18.2 Å². The van der Waals surface area contributed by atoms with E-state index in [2.05, 4.69) is 0 Å². The first-order valence-corrected chi connectivity index (χ1v) is 7.34. The van der Waals surface area contributed by atoms with Gasteiger partial charge >= 0.3 is 5.97 Å². The van der Waals surface area contributed by atoms with Crippen molar-refractivity contribution in [2.75, 3.05) is 0 Å². The van der Waals surface area contributed by atoms with Crippen LogP contribution in [0.5, 0.6) is 0 Å². The highest BCUT2D eigenvalue weighted by molar-refractivity contribution is 6.44. The van der Waals surface area contributed by atoms with Crippen LogP contribution in [-0.4, -0.2) is 38.7 Å². The van der Waals surface area contributed by atoms with Crippen molar-refractivity contribution in [2.24, 2.45) is 5.41 Å². The number of amides is 1. The molecule has 0 aliphatic carbocycles. The first-order chi connectivity index (χ1) is 11.8. The number of carboxylic acid groups (broad SMARTS) is 1. The van der Waals surface area contributed by atoms with Gasteiger partial charge in [-0.25, -0.2) is 4.79 Å². The monoisotopic (exact) mass is 367 g/mol. The molecule has 0 fully saturated rings. The van der Waals surface area contributed by atoms with Crippen molar-refractivity contribution < 1.29 is 29.3 Å². The molecule has 1 aromatic rings. The molecule has 0 aliphatic rings. The van der Waals surface area contributed by atoms with E-state index in [0.717, 1.165) is 12.1 Å². The van der Waals surface area contributed by atoms with E-state index in [1.165, 1.54) is 0 Å². The zero-order valence-electron chi connectivity index (χ0n) is 14.2. The second kappa shape index (κ2) is 7.68.